The SMILES string of the molecule is Cc1ccc(S(=O)(=O)NC(Cc2ccccc2)C(=O)NCc2ccccc2-c2ccc(C3OC(Cn4cnc5ccccc54)C(C)C(c4ccc(CO)cc4)O3)cc2)cc1. The van der Waals surface area contributed by atoms with E-state index < -0.39 is 28.3 Å². The number of carbonyl (C=O) groups excluding carboxylic acids is 1. The standard InChI is InChI=1S/C49H48N4O6S/c1-33-16-26-41(27-17-33)60(56,57)52-44(28-35-10-4-3-5-11-35)48(55)50-29-40-12-6-7-13-42(40)37-22-24-39(25-23-37)49-58-46(30-53-32-51-43-14-8-9-15-45(43)53)34(2)47(59-49)38-20-18-36(31-54)19-21-38/h3-27,32,34,44,46-47,49,52,54H,28-31H2,1-2H3,(H,50,55). The van der Waals surface area contributed by atoms with Crippen molar-refractivity contribution in [3.05, 3.63) is 191 Å². The van der Waals surface area contributed by atoms with E-state index in [0.717, 1.165) is 55.5 Å². The number of aromatic nitrogens is 2. The summed E-state index contributed by atoms with van der Waals surface area (Å²) in [7, 11) is -3.98. The van der Waals surface area contributed by atoms with Crippen molar-refractivity contribution in [1.82, 2.24) is 19.6 Å². The van der Waals surface area contributed by atoms with Crippen molar-refractivity contribution in [2.45, 2.75) is 69.4 Å². The molecule has 8 rings (SSSR count). The van der Waals surface area contributed by atoms with Gasteiger partial charge in [0.2, 0.25) is 15.9 Å². The predicted molar refractivity (Wildman–Crippen MR) is 232 cm³/mol. The molecule has 0 spiro atoms. The number of fused-ring (bicyclic) bond motifs is 1. The van der Waals surface area contributed by atoms with Gasteiger partial charge < -0.3 is 24.5 Å². The van der Waals surface area contributed by atoms with Crippen LogP contribution in [0.3, 0.4) is 0 Å². The van der Waals surface area contributed by atoms with Gasteiger partial charge in [-0.15, -0.1) is 0 Å². The highest BCUT2D eigenvalue weighted by Crippen LogP contribution is 2.42. The van der Waals surface area contributed by atoms with E-state index in [1.165, 1.54) is 0 Å². The number of imidazole rings is 1. The van der Waals surface area contributed by atoms with Gasteiger partial charge in [0.25, 0.3) is 0 Å². The molecule has 2 heterocycles. The van der Waals surface area contributed by atoms with Gasteiger partial charge in [0, 0.05) is 18.0 Å². The fourth-order valence-corrected chi connectivity index (χ4v) is 8.97. The van der Waals surface area contributed by atoms with Crippen molar-refractivity contribution >= 4 is 27.0 Å². The lowest BCUT2D eigenvalue weighted by molar-refractivity contribution is -0.276. The van der Waals surface area contributed by atoms with Gasteiger partial charge in [0.15, 0.2) is 6.29 Å². The molecular formula is C49H48N4O6S. The van der Waals surface area contributed by atoms with Gasteiger partial charge in [-0.1, -0.05) is 140 Å². The number of aryl methyl sites for hydroxylation is 1. The lowest BCUT2D eigenvalue weighted by atomic mass is 9.90. The molecule has 1 amide bonds. The van der Waals surface area contributed by atoms with Crippen LogP contribution in [0.15, 0.2) is 163 Å². The van der Waals surface area contributed by atoms with Crippen LogP contribution in [0.1, 0.15) is 52.7 Å². The van der Waals surface area contributed by atoms with Gasteiger partial charge in [0.05, 0.1) is 47.6 Å². The molecule has 306 valence electrons. The number of amides is 1. The van der Waals surface area contributed by atoms with Gasteiger partial charge in [-0.2, -0.15) is 4.72 Å². The minimum Gasteiger partial charge on any atom is -0.392 e. The maximum atomic E-state index is 13.8. The number of carbonyl (C=O) groups is 1. The molecule has 1 aliphatic rings. The monoisotopic (exact) mass is 820 g/mol. The molecule has 11 heteroatoms. The van der Waals surface area contributed by atoms with Crippen LogP contribution in [-0.4, -0.2) is 41.1 Å². The summed E-state index contributed by atoms with van der Waals surface area (Å²) >= 11 is 0. The summed E-state index contributed by atoms with van der Waals surface area (Å²) in [6.07, 6.45) is 0.905. The van der Waals surface area contributed by atoms with Crippen LogP contribution in [-0.2, 0) is 50.4 Å². The molecule has 0 radical (unpaired) electrons. The molecule has 60 heavy (non-hydrogen) atoms. The minimum absolute atomic E-state index is 0.00560. The summed E-state index contributed by atoms with van der Waals surface area (Å²) in [5.41, 5.74) is 9.17. The number of ether oxygens (including phenoxy) is 2. The number of benzene rings is 6. The molecule has 5 unspecified atom stereocenters. The topological polar surface area (TPSA) is 132 Å². The third-order valence-corrected chi connectivity index (χ3v) is 12.7. The van der Waals surface area contributed by atoms with Crippen molar-refractivity contribution in [1.29, 1.82) is 0 Å². The molecule has 1 saturated heterocycles. The van der Waals surface area contributed by atoms with Gasteiger partial charge in [0.1, 0.15) is 6.04 Å². The second-order valence-corrected chi connectivity index (χ2v) is 17.1. The molecule has 0 saturated carbocycles. The van der Waals surface area contributed by atoms with Crippen molar-refractivity contribution in [2.75, 3.05) is 0 Å². The van der Waals surface area contributed by atoms with Crippen LogP contribution in [0.2, 0.25) is 0 Å². The number of hydrogen-bond donors (Lipinski definition) is 3. The first-order valence-corrected chi connectivity index (χ1v) is 21.6. The first kappa shape index (κ1) is 40.8. The number of aliphatic hydroxyl groups is 1. The number of para-hydroxylation sites is 2. The number of hydrogen-bond acceptors (Lipinski definition) is 7. The third kappa shape index (κ3) is 9.26. The van der Waals surface area contributed by atoms with Crippen molar-refractivity contribution in [2.24, 2.45) is 5.92 Å². The van der Waals surface area contributed by atoms with Crippen LogP contribution in [0.4, 0.5) is 0 Å². The average molecular weight is 821 g/mol. The average Bonchev–Trinajstić information content (AvgIpc) is 3.69. The summed E-state index contributed by atoms with van der Waals surface area (Å²) in [5.74, 6) is -0.437. The maximum absolute atomic E-state index is 13.8. The third-order valence-electron chi connectivity index (χ3n) is 11.2. The Morgan fingerprint density at radius 2 is 1.47 bits per heavy atom. The lowest BCUT2D eigenvalue weighted by Crippen LogP contribution is -2.47. The maximum Gasteiger partial charge on any atom is 0.241 e. The Balaban J connectivity index is 1.01. The Hall–Kier alpha value is -5.95. The van der Waals surface area contributed by atoms with Crippen LogP contribution < -0.4 is 10.0 Å². The lowest BCUT2D eigenvalue weighted by Gasteiger charge is -2.41. The molecule has 1 aromatic heterocycles. The number of nitrogens with zero attached hydrogens (tertiary/aromatic N) is 2. The minimum atomic E-state index is -3.98. The Morgan fingerprint density at radius 3 is 2.22 bits per heavy atom. The van der Waals surface area contributed by atoms with Crippen LogP contribution in [0.5, 0.6) is 0 Å². The van der Waals surface area contributed by atoms with Crippen molar-refractivity contribution in [3.8, 4) is 11.1 Å². The summed E-state index contributed by atoms with van der Waals surface area (Å²) in [6.45, 7) is 4.77. The van der Waals surface area contributed by atoms with E-state index in [1.807, 2.05) is 135 Å². The molecule has 3 N–H and O–H groups in total. The first-order valence-electron chi connectivity index (χ1n) is 20.1. The Bertz CT molecular complexity index is 2650. The van der Waals surface area contributed by atoms with Gasteiger partial charge in [-0.25, -0.2) is 13.4 Å². The second kappa shape index (κ2) is 18.1. The zero-order valence-electron chi connectivity index (χ0n) is 33.5. The highest BCUT2D eigenvalue weighted by Gasteiger charge is 2.39. The quantitative estimate of drug-likeness (QED) is 0.101. The molecule has 0 bridgehead atoms. The van der Waals surface area contributed by atoms with Crippen LogP contribution in [0.25, 0.3) is 22.2 Å². The number of aliphatic hydroxyl groups excluding tert-OH is 1. The van der Waals surface area contributed by atoms with Crippen LogP contribution in [0, 0.1) is 12.8 Å². The molecule has 5 atom stereocenters. The highest BCUT2D eigenvalue weighted by atomic mass is 32.2. The zero-order chi connectivity index (χ0) is 41.6. The van der Waals surface area contributed by atoms with E-state index in [4.69, 9.17) is 9.47 Å². The summed E-state index contributed by atoms with van der Waals surface area (Å²) in [4.78, 5) is 18.5. The zero-order valence-corrected chi connectivity index (χ0v) is 34.3. The Kier molecular flexibility index (Phi) is 12.3. The predicted octanol–water partition coefficient (Wildman–Crippen LogP) is 8.20. The molecule has 1 fully saturated rings. The molecule has 0 aliphatic carbocycles. The largest absolute Gasteiger partial charge is 0.392 e. The number of rotatable bonds is 14. The molecule has 10 nitrogen and oxygen atoms in total. The first-order chi connectivity index (χ1) is 29.1. The van der Waals surface area contributed by atoms with Gasteiger partial charge in [-0.05, 0) is 71.0 Å². The Labute approximate surface area is 350 Å². The normalized spacial score (nSPS) is 18.6. The molecule has 6 aromatic carbocycles. The van der Waals surface area contributed by atoms with E-state index in [2.05, 4.69) is 32.6 Å². The van der Waals surface area contributed by atoms with E-state index in [1.54, 1.807) is 24.3 Å². The van der Waals surface area contributed by atoms with E-state index >= 15 is 0 Å². The van der Waals surface area contributed by atoms with Gasteiger partial charge >= 0.3 is 0 Å². The summed E-state index contributed by atoms with van der Waals surface area (Å²) < 4.78 is 45.2. The van der Waals surface area contributed by atoms with E-state index in [0.29, 0.717) is 6.54 Å². The molecule has 1 aliphatic heterocycles. The Morgan fingerprint density at radius 1 is 0.783 bits per heavy atom. The number of sulfonamides is 1. The fourth-order valence-electron chi connectivity index (χ4n) is 7.77. The molecule has 7 aromatic rings. The van der Waals surface area contributed by atoms with Gasteiger partial charge in [-0.3, -0.25) is 4.79 Å². The fraction of sp³-hybridized carbons (Fsp3) is 0.224. The summed E-state index contributed by atoms with van der Waals surface area (Å²) in [6, 6.07) is 46.7. The van der Waals surface area contributed by atoms with E-state index in [-0.39, 0.29) is 42.6 Å². The highest BCUT2D eigenvalue weighted by molar-refractivity contribution is 7.89. The summed E-state index contributed by atoms with van der Waals surface area (Å²) in [5, 5.41) is 12.7. The number of nitrogens with one attached hydrogen (secondary N) is 2. The van der Waals surface area contributed by atoms with Crippen LogP contribution >= 0.6 is 0 Å². The van der Waals surface area contributed by atoms with Crippen molar-refractivity contribution < 1.29 is 27.8 Å². The smallest absolute Gasteiger partial charge is 0.241 e. The van der Waals surface area contributed by atoms with E-state index in [9.17, 15) is 18.3 Å². The van der Waals surface area contributed by atoms with Crippen molar-refractivity contribution in [3.63, 3.8) is 0 Å². The second-order valence-electron chi connectivity index (χ2n) is 15.4. The molecular weight excluding hydrogens is 773 g/mol.